The first kappa shape index (κ1) is 16.7. The fraction of sp³-hybridized carbons (Fsp3) is 1.00. The minimum Gasteiger partial charge on any atom is -0.302 e. The standard InChI is InChI=1S/C18H35N4P/c1-15-8-9-18-14-20(12-16-6-4-10-19(16)2)13-17-7-5-11-21(17)23(3)22(15)18/h15-18H,4-14H2,1-3H3/t15?,16?,17?,18-,23?/m0/s1. The fourth-order valence-electron chi connectivity index (χ4n) is 5.60. The van der Waals surface area contributed by atoms with E-state index in [0.717, 1.165) is 24.2 Å². The van der Waals surface area contributed by atoms with E-state index in [9.17, 15) is 0 Å². The number of hydrogen-bond donors (Lipinski definition) is 0. The lowest BCUT2D eigenvalue weighted by atomic mass is 10.1. The molecule has 0 aromatic carbocycles. The van der Waals surface area contributed by atoms with E-state index in [1.165, 1.54) is 71.2 Å². The Labute approximate surface area is 144 Å². The van der Waals surface area contributed by atoms with E-state index in [-0.39, 0.29) is 8.22 Å². The smallest absolute Gasteiger partial charge is 0.0370 e. The minimum atomic E-state index is -0.0689. The van der Waals surface area contributed by atoms with Crippen LogP contribution >= 0.6 is 8.22 Å². The molecular weight excluding hydrogens is 303 g/mol. The van der Waals surface area contributed by atoms with Crippen LogP contribution in [-0.2, 0) is 0 Å². The summed E-state index contributed by atoms with van der Waals surface area (Å²) < 4.78 is 5.83. The topological polar surface area (TPSA) is 13.0 Å². The molecule has 4 aliphatic heterocycles. The Morgan fingerprint density at radius 3 is 2.52 bits per heavy atom. The Balaban J connectivity index is 1.52. The van der Waals surface area contributed by atoms with E-state index >= 15 is 0 Å². The highest BCUT2D eigenvalue weighted by molar-refractivity contribution is 7.51. The summed E-state index contributed by atoms with van der Waals surface area (Å²) in [6, 6.07) is 3.24. The van der Waals surface area contributed by atoms with Gasteiger partial charge in [-0.05, 0) is 65.7 Å². The Kier molecular flexibility index (Phi) is 5.00. The lowest BCUT2D eigenvalue weighted by Crippen LogP contribution is -2.52. The van der Waals surface area contributed by atoms with Gasteiger partial charge in [-0.25, -0.2) is 0 Å². The molecule has 0 spiro atoms. The van der Waals surface area contributed by atoms with Crippen molar-refractivity contribution in [2.75, 3.05) is 46.4 Å². The van der Waals surface area contributed by atoms with Crippen LogP contribution in [0, 0.1) is 0 Å². The van der Waals surface area contributed by atoms with Crippen molar-refractivity contribution in [2.45, 2.75) is 69.6 Å². The summed E-state index contributed by atoms with van der Waals surface area (Å²) in [5.74, 6) is 0. The third-order valence-corrected chi connectivity index (χ3v) is 9.53. The molecule has 4 nitrogen and oxygen atoms in total. The molecule has 0 radical (unpaired) electrons. The van der Waals surface area contributed by atoms with Gasteiger partial charge in [0.1, 0.15) is 0 Å². The number of rotatable bonds is 2. The van der Waals surface area contributed by atoms with Crippen LogP contribution < -0.4 is 0 Å². The van der Waals surface area contributed by atoms with Gasteiger partial charge >= 0.3 is 0 Å². The van der Waals surface area contributed by atoms with Crippen LogP contribution in [0.4, 0.5) is 0 Å². The molecule has 4 rings (SSSR count). The zero-order chi connectivity index (χ0) is 16.0. The summed E-state index contributed by atoms with van der Waals surface area (Å²) in [5.41, 5.74) is 0. The zero-order valence-corrected chi connectivity index (χ0v) is 16.2. The molecule has 0 aromatic rings. The van der Waals surface area contributed by atoms with Crippen molar-refractivity contribution in [3.63, 3.8) is 0 Å². The molecule has 132 valence electrons. The molecule has 4 unspecified atom stereocenters. The molecule has 5 atom stereocenters. The molecule has 0 bridgehead atoms. The third-order valence-electron chi connectivity index (χ3n) is 6.87. The first-order valence-corrected chi connectivity index (χ1v) is 11.5. The lowest BCUT2D eigenvalue weighted by molar-refractivity contribution is 0.129. The minimum absolute atomic E-state index is 0.0689. The van der Waals surface area contributed by atoms with Crippen LogP contribution in [0.15, 0.2) is 0 Å². The maximum atomic E-state index is 2.93. The maximum absolute atomic E-state index is 2.93. The SMILES string of the molecule is CC1CC[C@H]2CN(CC3CCCN3C)CC3CCCN3P(C)N12. The predicted octanol–water partition coefficient (Wildman–Crippen LogP) is 2.66. The molecule has 0 amide bonds. The maximum Gasteiger partial charge on any atom is 0.0370 e. The summed E-state index contributed by atoms with van der Waals surface area (Å²) in [4.78, 5) is 5.46. The Morgan fingerprint density at radius 1 is 0.957 bits per heavy atom. The summed E-state index contributed by atoms with van der Waals surface area (Å²) in [5, 5.41) is 0. The highest BCUT2D eigenvalue weighted by atomic mass is 31.1. The molecule has 23 heavy (non-hydrogen) atoms. The van der Waals surface area contributed by atoms with Gasteiger partial charge in [-0.2, -0.15) is 0 Å². The Morgan fingerprint density at radius 2 is 1.74 bits per heavy atom. The van der Waals surface area contributed by atoms with Gasteiger partial charge in [-0.15, -0.1) is 0 Å². The van der Waals surface area contributed by atoms with Crippen molar-refractivity contribution in [1.82, 2.24) is 19.1 Å². The van der Waals surface area contributed by atoms with Gasteiger partial charge in [0.25, 0.3) is 0 Å². The second-order valence-corrected chi connectivity index (χ2v) is 10.4. The van der Waals surface area contributed by atoms with Gasteiger partial charge < -0.3 is 4.90 Å². The van der Waals surface area contributed by atoms with Crippen molar-refractivity contribution < 1.29 is 0 Å². The average Bonchev–Trinajstić information content (AvgIpc) is 3.20. The zero-order valence-electron chi connectivity index (χ0n) is 15.3. The summed E-state index contributed by atoms with van der Waals surface area (Å²) in [6.45, 7) is 11.6. The first-order valence-electron chi connectivity index (χ1n) is 9.84. The highest BCUT2D eigenvalue weighted by Crippen LogP contribution is 2.52. The average molecular weight is 338 g/mol. The van der Waals surface area contributed by atoms with Crippen molar-refractivity contribution >= 4 is 8.22 Å². The first-order chi connectivity index (χ1) is 11.1. The molecule has 4 saturated heterocycles. The number of hydrogen-bond acceptors (Lipinski definition) is 4. The molecule has 4 heterocycles. The van der Waals surface area contributed by atoms with Gasteiger partial charge in [-0.3, -0.25) is 14.2 Å². The monoisotopic (exact) mass is 338 g/mol. The van der Waals surface area contributed by atoms with E-state index < -0.39 is 0 Å². The largest absolute Gasteiger partial charge is 0.302 e. The van der Waals surface area contributed by atoms with E-state index in [1.807, 2.05) is 0 Å². The molecule has 0 aliphatic carbocycles. The molecule has 0 N–H and O–H groups in total. The van der Waals surface area contributed by atoms with Crippen molar-refractivity contribution in [2.24, 2.45) is 0 Å². The summed E-state index contributed by atoms with van der Waals surface area (Å²) in [7, 11) is 2.26. The predicted molar refractivity (Wildman–Crippen MR) is 99.0 cm³/mol. The molecule has 4 aliphatic rings. The molecule has 0 saturated carbocycles. The van der Waals surface area contributed by atoms with E-state index in [1.54, 1.807) is 0 Å². The van der Waals surface area contributed by atoms with Crippen LogP contribution in [-0.4, -0.2) is 89.7 Å². The molecule has 0 aromatic heterocycles. The van der Waals surface area contributed by atoms with Gasteiger partial charge in [0.2, 0.25) is 0 Å². The van der Waals surface area contributed by atoms with Crippen molar-refractivity contribution in [1.29, 1.82) is 0 Å². The second kappa shape index (κ2) is 6.88. The Hall–Kier alpha value is 0.270. The van der Waals surface area contributed by atoms with Crippen LogP contribution in [0.1, 0.15) is 45.4 Å². The van der Waals surface area contributed by atoms with E-state index in [2.05, 4.69) is 39.8 Å². The second-order valence-electron chi connectivity index (χ2n) is 8.40. The van der Waals surface area contributed by atoms with Crippen molar-refractivity contribution in [3.05, 3.63) is 0 Å². The Bertz CT molecular complexity index is 420. The third kappa shape index (κ3) is 3.22. The van der Waals surface area contributed by atoms with E-state index in [0.29, 0.717) is 0 Å². The number of likely N-dealkylation sites (N-methyl/N-ethyl adjacent to an activating group) is 1. The fourth-order valence-corrected chi connectivity index (χ4v) is 8.31. The summed E-state index contributed by atoms with van der Waals surface area (Å²) in [6.07, 6.45) is 8.48. The van der Waals surface area contributed by atoms with Gasteiger partial charge in [0.05, 0.1) is 0 Å². The number of likely N-dealkylation sites (tertiary alicyclic amines) is 1. The quantitative estimate of drug-likeness (QED) is 0.718. The van der Waals surface area contributed by atoms with Gasteiger partial charge in [0.15, 0.2) is 0 Å². The van der Waals surface area contributed by atoms with Crippen LogP contribution in [0.3, 0.4) is 0 Å². The molecule has 5 heteroatoms. The molecular formula is C18H35N4P. The summed E-state index contributed by atoms with van der Waals surface area (Å²) >= 11 is 0. The lowest BCUT2D eigenvalue weighted by Gasteiger charge is -2.47. The van der Waals surface area contributed by atoms with Gasteiger partial charge in [0, 0.05) is 58.6 Å². The number of nitrogens with zero attached hydrogens (tertiary/aromatic N) is 4. The van der Waals surface area contributed by atoms with E-state index in [4.69, 9.17) is 0 Å². The van der Waals surface area contributed by atoms with Crippen LogP contribution in [0.25, 0.3) is 0 Å². The van der Waals surface area contributed by atoms with Crippen molar-refractivity contribution in [3.8, 4) is 0 Å². The molecule has 4 fully saturated rings. The van der Waals surface area contributed by atoms with Crippen LogP contribution in [0.5, 0.6) is 0 Å². The number of fused-ring (bicyclic) bond motifs is 2. The normalized spacial score (nSPS) is 44.2. The van der Waals surface area contributed by atoms with Crippen LogP contribution in [0.2, 0.25) is 0 Å². The highest BCUT2D eigenvalue weighted by Gasteiger charge is 2.43. The van der Waals surface area contributed by atoms with Gasteiger partial charge in [-0.1, -0.05) is 0 Å².